The summed E-state index contributed by atoms with van der Waals surface area (Å²) in [5, 5.41) is 3.21. The van der Waals surface area contributed by atoms with Crippen LogP contribution in [-0.4, -0.2) is 17.4 Å². The third kappa shape index (κ3) is 4.57. The quantitative estimate of drug-likeness (QED) is 0.644. The van der Waals surface area contributed by atoms with Gasteiger partial charge >= 0.3 is 0 Å². The van der Waals surface area contributed by atoms with Crippen molar-refractivity contribution in [3.05, 3.63) is 30.1 Å². The van der Waals surface area contributed by atoms with Crippen LogP contribution in [0, 0.1) is 0 Å². The highest BCUT2D eigenvalue weighted by molar-refractivity contribution is 5.73. The molecule has 76 valence electrons. The first kappa shape index (κ1) is 10.7. The lowest BCUT2D eigenvalue weighted by Crippen LogP contribution is -2.18. The zero-order valence-electron chi connectivity index (χ0n) is 8.07. The molecular weight excluding hydrogens is 178 g/mol. The van der Waals surface area contributed by atoms with Gasteiger partial charge in [0.2, 0.25) is 5.91 Å². The van der Waals surface area contributed by atoms with Crippen LogP contribution in [0.25, 0.3) is 0 Å². The van der Waals surface area contributed by atoms with E-state index in [4.69, 9.17) is 5.73 Å². The van der Waals surface area contributed by atoms with E-state index in [-0.39, 0.29) is 5.91 Å². The van der Waals surface area contributed by atoms with Crippen molar-refractivity contribution in [1.82, 2.24) is 10.3 Å². The minimum absolute atomic E-state index is 0.242. The van der Waals surface area contributed by atoms with Crippen molar-refractivity contribution >= 4 is 5.91 Å². The van der Waals surface area contributed by atoms with Gasteiger partial charge in [0.25, 0.3) is 0 Å². The Hall–Kier alpha value is -1.42. The van der Waals surface area contributed by atoms with Gasteiger partial charge in [0, 0.05) is 25.4 Å². The van der Waals surface area contributed by atoms with Crippen molar-refractivity contribution in [3.8, 4) is 0 Å². The summed E-state index contributed by atoms with van der Waals surface area (Å²) < 4.78 is 0. The number of primary amides is 1. The molecule has 0 radical (unpaired) electrons. The molecule has 3 N–H and O–H groups in total. The van der Waals surface area contributed by atoms with Gasteiger partial charge in [-0.3, -0.25) is 9.78 Å². The molecule has 0 bridgehead atoms. The number of nitrogens with two attached hydrogens (primary N) is 1. The Labute approximate surface area is 83.5 Å². The number of amides is 1. The first-order valence-electron chi connectivity index (χ1n) is 4.67. The molecule has 0 atom stereocenters. The fourth-order valence-corrected chi connectivity index (χ4v) is 1.12. The second-order valence-corrected chi connectivity index (χ2v) is 3.11. The Morgan fingerprint density at radius 2 is 2.43 bits per heavy atom. The summed E-state index contributed by atoms with van der Waals surface area (Å²) in [5.41, 5.74) is 6.15. The summed E-state index contributed by atoms with van der Waals surface area (Å²) in [6.45, 7) is 1.59. The van der Waals surface area contributed by atoms with Gasteiger partial charge in [0.05, 0.1) is 0 Å². The summed E-state index contributed by atoms with van der Waals surface area (Å²) in [5.74, 6) is -0.242. The molecule has 1 aromatic heterocycles. The number of hydrogen-bond donors (Lipinski definition) is 2. The molecule has 0 aliphatic rings. The third-order valence-corrected chi connectivity index (χ3v) is 1.83. The first-order chi connectivity index (χ1) is 6.79. The molecule has 1 rings (SSSR count). The molecule has 4 heteroatoms. The molecule has 14 heavy (non-hydrogen) atoms. The molecule has 0 saturated heterocycles. The number of aromatic nitrogens is 1. The summed E-state index contributed by atoms with van der Waals surface area (Å²) in [6.07, 6.45) is 4.80. The lowest BCUT2D eigenvalue weighted by Gasteiger charge is -2.02. The van der Waals surface area contributed by atoms with Crippen molar-refractivity contribution in [1.29, 1.82) is 0 Å². The number of nitrogens with zero attached hydrogens (tertiary/aromatic N) is 1. The second kappa shape index (κ2) is 6.10. The molecule has 4 nitrogen and oxygen atoms in total. The van der Waals surface area contributed by atoms with Crippen LogP contribution in [0.15, 0.2) is 24.5 Å². The Bertz CT molecular complexity index is 274. The Morgan fingerprint density at radius 1 is 1.57 bits per heavy atom. The minimum Gasteiger partial charge on any atom is -0.370 e. The summed E-state index contributed by atoms with van der Waals surface area (Å²) >= 11 is 0. The van der Waals surface area contributed by atoms with Gasteiger partial charge in [-0.15, -0.1) is 0 Å². The summed E-state index contributed by atoms with van der Waals surface area (Å²) in [4.78, 5) is 14.4. The number of carbonyl (C=O) groups excluding carboxylic acids is 1. The van der Waals surface area contributed by atoms with Gasteiger partial charge in [-0.1, -0.05) is 6.07 Å². The zero-order chi connectivity index (χ0) is 10.2. The van der Waals surface area contributed by atoms with E-state index < -0.39 is 0 Å². The fourth-order valence-electron chi connectivity index (χ4n) is 1.12. The van der Waals surface area contributed by atoms with Gasteiger partial charge in [-0.05, 0) is 24.6 Å². The predicted molar refractivity (Wildman–Crippen MR) is 54.4 cm³/mol. The molecule has 0 aromatic carbocycles. The van der Waals surface area contributed by atoms with Crippen molar-refractivity contribution in [2.45, 2.75) is 19.4 Å². The topological polar surface area (TPSA) is 68.0 Å². The van der Waals surface area contributed by atoms with E-state index in [1.54, 1.807) is 6.20 Å². The molecule has 1 aromatic rings. The van der Waals surface area contributed by atoms with E-state index in [1.165, 1.54) is 0 Å². The number of rotatable bonds is 6. The van der Waals surface area contributed by atoms with E-state index in [2.05, 4.69) is 10.3 Å². The largest absolute Gasteiger partial charge is 0.370 e. The maximum absolute atomic E-state index is 10.4. The van der Waals surface area contributed by atoms with Crippen molar-refractivity contribution in [3.63, 3.8) is 0 Å². The van der Waals surface area contributed by atoms with Gasteiger partial charge in [0.1, 0.15) is 0 Å². The molecule has 0 spiro atoms. The van der Waals surface area contributed by atoms with Gasteiger partial charge < -0.3 is 11.1 Å². The van der Waals surface area contributed by atoms with Crippen molar-refractivity contribution < 1.29 is 4.79 Å². The maximum atomic E-state index is 10.4. The van der Waals surface area contributed by atoms with Crippen molar-refractivity contribution in [2.24, 2.45) is 5.73 Å². The highest BCUT2D eigenvalue weighted by Gasteiger charge is 1.94. The molecule has 0 fully saturated rings. The third-order valence-electron chi connectivity index (χ3n) is 1.83. The molecular formula is C10H15N3O. The molecule has 0 unspecified atom stereocenters. The number of nitrogens with one attached hydrogen (secondary N) is 1. The van der Waals surface area contributed by atoms with Crippen LogP contribution in [0.4, 0.5) is 0 Å². The lowest BCUT2D eigenvalue weighted by molar-refractivity contribution is -0.118. The Morgan fingerprint density at radius 3 is 3.07 bits per heavy atom. The smallest absolute Gasteiger partial charge is 0.217 e. The normalized spacial score (nSPS) is 10.0. The number of hydrogen-bond acceptors (Lipinski definition) is 3. The summed E-state index contributed by atoms with van der Waals surface area (Å²) in [7, 11) is 0. The van der Waals surface area contributed by atoms with Crippen LogP contribution < -0.4 is 11.1 Å². The van der Waals surface area contributed by atoms with Crippen LogP contribution in [0.5, 0.6) is 0 Å². The van der Waals surface area contributed by atoms with Crippen molar-refractivity contribution in [2.75, 3.05) is 6.54 Å². The average Bonchev–Trinajstić information content (AvgIpc) is 2.18. The number of carbonyl (C=O) groups is 1. The number of pyridine rings is 1. The molecule has 1 heterocycles. The van der Waals surface area contributed by atoms with Gasteiger partial charge in [0.15, 0.2) is 0 Å². The average molecular weight is 193 g/mol. The van der Waals surface area contributed by atoms with Gasteiger partial charge in [-0.25, -0.2) is 0 Å². The van der Waals surface area contributed by atoms with Crippen LogP contribution in [-0.2, 0) is 11.3 Å². The van der Waals surface area contributed by atoms with E-state index in [0.29, 0.717) is 6.42 Å². The highest BCUT2D eigenvalue weighted by Crippen LogP contribution is 1.94. The Balaban J connectivity index is 2.08. The SMILES string of the molecule is NC(=O)CCCNCc1cccnc1. The maximum Gasteiger partial charge on any atom is 0.217 e. The van der Waals surface area contributed by atoms with Crippen LogP contribution in [0.1, 0.15) is 18.4 Å². The van der Waals surface area contributed by atoms with Gasteiger partial charge in [-0.2, -0.15) is 0 Å². The van der Waals surface area contributed by atoms with E-state index >= 15 is 0 Å². The lowest BCUT2D eigenvalue weighted by atomic mass is 10.2. The first-order valence-corrected chi connectivity index (χ1v) is 4.67. The highest BCUT2D eigenvalue weighted by atomic mass is 16.1. The van der Waals surface area contributed by atoms with E-state index in [0.717, 1.165) is 25.1 Å². The molecule has 0 aliphatic carbocycles. The molecule has 0 aliphatic heterocycles. The molecule has 1 amide bonds. The standard InChI is InChI=1S/C10H15N3O/c11-10(14)4-2-6-13-8-9-3-1-5-12-7-9/h1,3,5,7,13H,2,4,6,8H2,(H2,11,14). The Kier molecular flexibility index (Phi) is 4.64. The minimum atomic E-state index is -0.242. The van der Waals surface area contributed by atoms with Crippen LogP contribution in [0.2, 0.25) is 0 Å². The van der Waals surface area contributed by atoms with Crippen LogP contribution in [0.3, 0.4) is 0 Å². The second-order valence-electron chi connectivity index (χ2n) is 3.11. The fraction of sp³-hybridized carbons (Fsp3) is 0.400. The van der Waals surface area contributed by atoms with E-state index in [1.807, 2.05) is 18.3 Å². The zero-order valence-corrected chi connectivity index (χ0v) is 8.07. The monoisotopic (exact) mass is 193 g/mol. The predicted octanol–water partition coefficient (Wildman–Crippen LogP) is 0.437. The summed E-state index contributed by atoms with van der Waals surface area (Å²) in [6, 6.07) is 3.91. The van der Waals surface area contributed by atoms with E-state index in [9.17, 15) is 4.79 Å². The van der Waals surface area contributed by atoms with Crippen LogP contribution >= 0.6 is 0 Å². The molecule has 0 saturated carbocycles.